The van der Waals surface area contributed by atoms with E-state index in [2.05, 4.69) is 10.3 Å². The van der Waals surface area contributed by atoms with Gasteiger partial charge in [0, 0.05) is 10.6 Å². The van der Waals surface area contributed by atoms with E-state index in [-0.39, 0.29) is 17.4 Å². The number of hydrogen-bond donors (Lipinski definition) is 1. The van der Waals surface area contributed by atoms with Gasteiger partial charge in [-0.2, -0.15) is 0 Å². The molecule has 1 heterocycles. The summed E-state index contributed by atoms with van der Waals surface area (Å²) in [6, 6.07) is 12.9. The smallest absolute Gasteiger partial charge is 0.275 e. The molecule has 1 N–H and O–H groups in total. The Balaban J connectivity index is 1.96. The third kappa shape index (κ3) is 2.85. The van der Waals surface area contributed by atoms with Crippen LogP contribution in [-0.4, -0.2) is 11.7 Å². The molecule has 3 rings (SSSR count). The predicted octanol–water partition coefficient (Wildman–Crippen LogP) is 3.40. The van der Waals surface area contributed by atoms with E-state index in [9.17, 15) is 9.18 Å². The van der Waals surface area contributed by atoms with E-state index in [0.29, 0.717) is 22.0 Å². The van der Waals surface area contributed by atoms with Gasteiger partial charge >= 0.3 is 0 Å². The maximum Gasteiger partial charge on any atom is 0.275 e. The predicted molar refractivity (Wildman–Crippen MR) is 80.5 cm³/mol. The highest BCUT2D eigenvalue weighted by Crippen LogP contribution is 2.21. The number of nitrogens with zero attached hydrogens (tertiary/aromatic N) is 1. The SMILES string of the molecule is O=C1NC(c2ccc(F)cc2)=N/C1=C\c1ccccc1Cl. The Morgan fingerprint density at radius 2 is 1.81 bits per heavy atom. The highest BCUT2D eigenvalue weighted by atomic mass is 35.5. The lowest BCUT2D eigenvalue weighted by Crippen LogP contribution is -2.24. The van der Waals surface area contributed by atoms with Crippen LogP contribution in [0.25, 0.3) is 6.08 Å². The lowest BCUT2D eigenvalue weighted by atomic mass is 10.2. The second kappa shape index (κ2) is 5.50. The van der Waals surface area contributed by atoms with Crippen LogP contribution >= 0.6 is 11.6 Å². The standard InChI is InChI=1S/C16H10ClFN2O/c17-13-4-2-1-3-11(13)9-14-16(21)20-15(19-14)10-5-7-12(18)8-6-10/h1-9H,(H,19,20,21)/b14-9-. The highest BCUT2D eigenvalue weighted by Gasteiger charge is 2.21. The first-order valence-corrected chi connectivity index (χ1v) is 6.63. The Kier molecular flexibility index (Phi) is 3.54. The van der Waals surface area contributed by atoms with Gasteiger partial charge in [0.15, 0.2) is 0 Å². The first-order valence-electron chi connectivity index (χ1n) is 6.26. The van der Waals surface area contributed by atoms with Crippen molar-refractivity contribution in [3.63, 3.8) is 0 Å². The second-order valence-electron chi connectivity index (χ2n) is 4.47. The van der Waals surface area contributed by atoms with Crippen molar-refractivity contribution in [2.24, 2.45) is 4.99 Å². The Hall–Kier alpha value is -2.46. The maximum atomic E-state index is 12.9. The number of hydrogen-bond acceptors (Lipinski definition) is 2. The fourth-order valence-corrected chi connectivity index (χ4v) is 2.14. The summed E-state index contributed by atoms with van der Waals surface area (Å²) in [5, 5.41) is 3.20. The van der Waals surface area contributed by atoms with Gasteiger partial charge in [-0.05, 0) is 42.0 Å². The quantitative estimate of drug-likeness (QED) is 0.849. The minimum Gasteiger partial charge on any atom is -0.305 e. The summed E-state index contributed by atoms with van der Waals surface area (Å²) in [4.78, 5) is 16.2. The second-order valence-corrected chi connectivity index (χ2v) is 4.88. The Bertz CT molecular complexity index is 766. The number of benzene rings is 2. The average Bonchev–Trinajstić information content (AvgIpc) is 2.83. The normalized spacial score (nSPS) is 16.0. The van der Waals surface area contributed by atoms with Crippen LogP contribution in [0.1, 0.15) is 11.1 Å². The van der Waals surface area contributed by atoms with Gasteiger partial charge in [0.25, 0.3) is 5.91 Å². The molecular weight excluding hydrogens is 291 g/mol. The zero-order valence-electron chi connectivity index (χ0n) is 10.8. The number of halogens is 2. The van der Waals surface area contributed by atoms with Gasteiger partial charge in [-0.1, -0.05) is 29.8 Å². The van der Waals surface area contributed by atoms with Crippen LogP contribution in [-0.2, 0) is 4.79 Å². The van der Waals surface area contributed by atoms with Crippen molar-refractivity contribution in [2.75, 3.05) is 0 Å². The number of carbonyl (C=O) groups excluding carboxylic acids is 1. The van der Waals surface area contributed by atoms with Crippen LogP contribution in [0.2, 0.25) is 5.02 Å². The summed E-state index contributed by atoms with van der Waals surface area (Å²) in [6.07, 6.45) is 1.62. The molecule has 0 bridgehead atoms. The van der Waals surface area contributed by atoms with Crippen LogP contribution in [0.4, 0.5) is 4.39 Å². The zero-order chi connectivity index (χ0) is 14.8. The van der Waals surface area contributed by atoms with Crippen LogP contribution < -0.4 is 5.32 Å². The van der Waals surface area contributed by atoms with Crippen molar-refractivity contribution in [2.45, 2.75) is 0 Å². The van der Waals surface area contributed by atoms with Crippen LogP contribution in [0.5, 0.6) is 0 Å². The molecule has 1 aliphatic rings. The number of rotatable bonds is 2. The Morgan fingerprint density at radius 3 is 2.52 bits per heavy atom. The van der Waals surface area contributed by atoms with Crippen LogP contribution in [0.15, 0.2) is 59.2 Å². The molecule has 0 atom stereocenters. The fourth-order valence-electron chi connectivity index (χ4n) is 1.95. The van der Waals surface area contributed by atoms with E-state index in [1.807, 2.05) is 12.1 Å². The summed E-state index contributed by atoms with van der Waals surface area (Å²) in [6.45, 7) is 0. The molecule has 21 heavy (non-hydrogen) atoms. The summed E-state index contributed by atoms with van der Waals surface area (Å²) >= 11 is 6.05. The van der Waals surface area contributed by atoms with E-state index in [1.165, 1.54) is 12.1 Å². The van der Waals surface area contributed by atoms with Gasteiger partial charge in [-0.25, -0.2) is 9.38 Å². The molecule has 0 saturated heterocycles. The molecule has 0 radical (unpaired) electrons. The Morgan fingerprint density at radius 1 is 1.10 bits per heavy atom. The molecule has 0 aromatic heterocycles. The van der Waals surface area contributed by atoms with E-state index in [4.69, 9.17) is 11.6 Å². The summed E-state index contributed by atoms with van der Waals surface area (Å²) in [7, 11) is 0. The van der Waals surface area contributed by atoms with E-state index >= 15 is 0 Å². The van der Waals surface area contributed by atoms with Crippen molar-refractivity contribution in [1.29, 1.82) is 0 Å². The maximum absolute atomic E-state index is 12.9. The summed E-state index contributed by atoms with van der Waals surface area (Å²) < 4.78 is 12.9. The number of amides is 1. The van der Waals surface area contributed by atoms with E-state index < -0.39 is 0 Å². The van der Waals surface area contributed by atoms with Crippen molar-refractivity contribution in [3.05, 3.63) is 76.2 Å². The van der Waals surface area contributed by atoms with Gasteiger partial charge in [0.2, 0.25) is 0 Å². The molecule has 0 saturated carbocycles. The van der Waals surface area contributed by atoms with E-state index in [1.54, 1.807) is 30.3 Å². The summed E-state index contributed by atoms with van der Waals surface area (Å²) in [5.74, 6) is -0.247. The minimum absolute atomic E-state index is 0.266. The number of nitrogens with one attached hydrogen (secondary N) is 1. The molecule has 0 aliphatic carbocycles. The molecule has 104 valence electrons. The van der Waals surface area contributed by atoms with Gasteiger partial charge in [0.05, 0.1) is 0 Å². The molecule has 1 amide bonds. The topological polar surface area (TPSA) is 41.5 Å². The van der Waals surface area contributed by atoms with Crippen molar-refractivity contribution < 1.29 is 9.18 Å². The molecule has 2 aromatic rings. The van der Waals surface area contributed by atoms with Crippen molar-refractivity contribution in [3.8, 4) is 0 Å². The van der Waals surface area contributed by atoms with Crippen molar-refractivity contribution >= 4 is 29.4 Å². The van der Waals surface area contributed by atoms with Gasteiger partial charge < -0.3 is 5.32 Å². The molecule has 0 unspecified atom stereocenters. The lowest BCUT2D eigenvalue weighted by molar-refractivity contribution is -0.115. The molecule has 0 fully saturated rings. The number of amidine groups is 1. The highest BCUT2D eigenvalue weighted by molar-refractivity contribution is 6.32. The van der Waals surface area contributed by atoms with Crippen molar-refractivity contribution in [1.82, 2.24) is 5.32 Å². The fraction of sp³-hybridized carbons (Fsp3) is 0. The molecule has 3 nitrogen and oxygen atoms in total. The average molecular weight is 301 g/mol. The minimum atomic E-state index is -0.337. The lowest BCUT2D eigenvalue weighted by Gasteiger charge is -1.99. The molecule has 0 spiro atoms. The van der Waals surface area contributed by atoms with Crippen LogP contribution in [0.3, 0.4) is 0 Å². The number of aliphatic imine (C=N–C) groups is 1. The third-order valence-electron chi connectivity index (χ3n) is 3.01. The largest absolute Gasteiger partial charge is 0.305 e. The number of carbonyl (C=O) groups is 1. The molecule has 2 aromatic carbocycles. The Labute approximate surface area is 125 Å². The van der Waals surface area contributed by atoms with Gasteiger partial charge in [-0.3, -0.25) is 4.79 Å². The zero-order valence-corrected chi connectivity index (χ0v) is 11.6. The molecule has 5 heteroatoms. The molecule has 1 aliphatic heterocycles. The summed E-state index contributed by atoms with van der Waals surface area (Å²) in [5.41, 5.74) is 1.63. The van der Waals surface area contributed by atoms with Crippen LogP contribution in [0, 0.1) is 5.82 Å². The third-order valence-corrected chi connectivity index (χ3v) is 3.36. The van der Waals surface area contributed by atoms with E-state index in [0.717, 1.165) is 0 Å². The monoisotopic (exact) mass is 300 g/mol. The first-order chi connectivity index (χ1) is 10.1. The first kappa shape index (κ1) is 13.5. The molecular formula is C16H10ClFN2O. The van der Waals surface area contributed by atoms with Gasteiger partial charge in [0.1, 0.15) is 17.3 Å². The van der Waals surface area contributed by atoms with Gasteiger partial charge in [-0.15, -0.1) is 0 Å².